The predicted molar refractivity (Wildman–Crippen MR) is 89.5 cm³/mol. The minimum Gasteiger partial charge on any atom is -0.460 e. The number of carbonyl (C=O) groups excluding carboxylic acids is 1. The molecule has 2 aliphatic carbocycles. The number of esters is 1. The Bertz CT molecular complexity index is 544. The Morgan fingerprint density at radius 2 is 1.81 bits per heavy atom. The number of ether oxygens (including phenoxy) is 2. The summed E-state index contributed by atoms with van der Waals surface area (Å²) >= 11 is 0. The maximum Gasteiger partial charge on any atom is 0.422 e. The van der Waals surface area contributed by atoms with Crippen molar-refractivity contribution in [3.05, 3.63) is 0 Å². The van der Waals surface area contributed by atoms with Gasteiger partial charge in [0.05, 0.1) is 12.0 Å². The topological polar surface area (TPSA) is 35.5 Å². The summed E-state index contributed by atoms with van der Waals surface area (Å²) < 4.78 is 79.9. The third-order valence-corrected chi connectivity index (χ3v) is 5.75. The summed E-state index contributed by atoms with van der Waals surface area (Å²) in [5.41, 5.74) is -3.79. The van der Waals surface area contributed by atoms with Gasteiger partial charge in [0.25, 0.3) is 0 Å². The summed E-state index contributed by atoms with van der Waals surface area (Å²) in [7, 11) is 0. The van der Waals surface area contributed by atoms with Crippen LogP contribution in [-0.4, -0.2) is 42.3 Å². The highest BCUT2D eigenvalue weighted by molar-refractivity contribution is 5.74. The number of carbonyl (C=O) groups is 1. The van der Waals surface area contributed by atoms with Gasteiger partial charge in [-0.05, 0) is 65.7 Å². The van der Waals surface area contributed by atoms with Gasteiger partial charge in [-0.1, -0.05) is 0 Å². The van der Waals surface area contributed by atoms with Crippen LogP contribution in [0.3, 0.4) is 0 Å². The van der Waals surface area contributed by atoms with Crippen molar-refractivity contribution in [3.8, 4) is 0 Å². The van der Waals surface area contributed by atoms with E-state index in [1.807, 2.05) is 0 Å². The van der Waals surface area contributed by atoms with E-state index >= 15 is 4.39 Å². The first kappa shape index (κ1) is 22.4. The molecule has 0 aromatic carbocycles. The molecule has 0 N–H and O–H groups in total. The Morgan fingerprint density at radius 1 is 1.22 bits per heavy atom. The molecule has 2 bridgehead atoms. The van der Waals surface area contributed by atoms with Gasteiger partial charge in [0, 0.05) is 12.5 Å². The normalized spacial score (nSPS) is 35.9. The Morgan fingerprint density at radius 3 is 2.30 bits per heavy atom. The molecule has 3 nitrogen and oxygen atoms in total. The molecule has 0 spiro atoms. The molecular formula is C19H29F5O3. The monoisotopic (exact) mass is 400 g/mol. The first-order valence-electron chi connectivity index (χ1n) is 9.45. The quantitative estimate of drug-likeness (QED) is 0.464. The third-order valence-electron chi connectivity index (χ3n) is 5.75. The number of alkyl halides is 5. The molecule has 2 fully saturated rings. The zero-order chi connectivity index (χ0) is 20.8. The zero-order valence-corrected chi connectivity index (χ0v) is 16.4. The molecule has 0 radical (unpaired) electrons. The average molecular weight is 400 g/mol. The molecule has 0 aromatic heterocycles. The van der Waals surface area contributed by atoms with E-state index in [1.165, 1.54) is 0 Å². The fourth-order valence-electron chi connectivity index (χ4n) is 4.87. The van der Waals surface area contributed by atoms with Gasteiger partial charge in [0.15, 0.2) is 5.67 Å². The van der Waals surface area contributed by atoms with Crippen molar-refractivity contribution in [1.82, 2.24) is 0 Å². The van der Waals surface area contributed by atoms with Crippen LogP contribution in [0.2, 0.25) is 0 Å². The van der Waals surface area contributed by atoms with Gasteiger partial charge in [-0.15, -0.1) is 0 Å². The average Bonchev–Trinajstić information content (AvgIpc) is 3.03. The molecule has 0 amide bonds. The zero-order valence-electron chi connectivity index (χ0n) is 16.4. The van der Waals surface area contributed by atoms with Crippen LogP contribution < -0.4 is 0 Å². The van der Waals surface area contributed by atoms with Crippen molar-refractivity contribution >= 4 is 5.97 Å². The summed E-state index contributed by atoms with van der Waals surface area (Å²) in [4.78, 5) is 12.5. The summed E-state index contributed by atoms with van der Waals surface area (Å²) in [6.07, 6.45) is -9.52. The molecule has 27 heavy (non-hydrogen) atoms. The largest absolute Gasteiger partial charge is 0.460 e. The minimum absolute atomic E-state index is 0.0560. The maximum absolute atomic E-state index is 15.6. The van der Waals surface area contributed by atoms with E-state index in [0.29, 0.717) is 6.61 Å². The maximum atomic E-state index is 15.6. The SMILES string of the molecule is CCOC(C)CC1C2CC(CC2C(=O)OC(C)(C)C)C1(F)C(F)C(F)(F)F. The van der Waals surface area contributed by atoms with Gasteiger partial charge < -0.3 is 9.47 Å². The summed E-state index contributed by atoms with van der Waals surface area (Å²) in [5.74, 6) is -4.34. The number of rotatable bonds is 6. The smallest absolute Gasteiger partial charge is 0.422 e. The highest BCUT2D eigenvalue weighted by Gasteiger charge is 2.72. The lowest BCUT2D eigenvalue weighted by Crippen LogP contribution is -2.56. The molecule has 2 rings (SSSR count). The Kier molecular flexibility index (Phi) is 6.20. The van der Waals surface area contributed by atoms with Gasteiger partial charge in [-0.3, -0.25) is 4.79 Å². The second kappa shape index (κ2) is 7.48. The van der Waals surface area contributed by atoms with Crippen LogP contribution in [0.25, 0.3) is 0 Å². The standard InChI is InChI=1S/C19H29F5O3/c1-6-26-10(2)7-14-12-8-11(18(14,21)16(20)19(22,23)24)9-13(12)15(25)27-17(3,4)5/h10-14,16H,6-9H2,1-5H3. The fraction of sp³-hybridized carbons (Fsp3) is 0.947. The van der Waals surface area contributed by atoms with Crippen molar-refractivity contribution in [2.24, 2.45) is 23.7 Å². The number of fused-ring (bicyclic) bond motifs is 2. The number of hydrogen-bond donors (Lipinski definition) is 0. The molecular weight excluding hydrogens is 371 g/mol. The number of hydrogen-bond acceptors (Lipinski definition) is 3. The van der Waals surface area contributed by atoms with Crippen LogP contribution in [0.4, 0.5) is 22.0 Å². The lowest BCUT2D eigenvalue weighted by molar-refractivity contribution is -0.238. The Hall–Kier alpha value is -0.920. The third kappa shape index (κ3) is 4.40. The van der Waals surface area contributed by atoms with Crippen molar-refractivity contribution < 1.29 is 36.2 Å². The van der Waals surface area contributed by atoms with Crippen LogP contribution in [-0.2, 0) is 14.3 Å². The van der Waals surface area contributed by atoms with E-state index in [9.17, 15) is 22.4 Å². The molecule has 2 saturated carbocycles. The predicted octanol–water partition coefficient (Wildman–Crippen LogP) is 5.02. The van der Waals surface area contributed by atoms with Crippen LogP contribution in [0, 0.1) is 23.7 Å². The van der Waals surface area contributed by atoms with Gasteiger partial charge in [-0.2, -0.15) is 13.2 Å². The summed E-state index contributed by atoms with van der Waals surface area (Å²) in [6.45, 7) is 8.72. The van der Waals surface area contributed by atoms with Gasteiger partial charge in [0.1, 0.15) is 5.60 Å². The van der Waals surface area contributed by atoms with E-state index in [4.69, 9.17) is 9.47 Å². The van der Waals surface area contributed by atoms with Crippen molar-refractivity contribution in [1.29, 1.82) is 0 Å². The molecule has 7 unspecified atom stereocenters. The molecule has 0 aliphatic heterocycles. The lowest BCUT2D eigenvalue weighted by Gasteiger charge is -2.43. The van der Waals surface area contributed by atoms with Gasteiger partial charge in [0.2, 0.25) is 6.17 Å². The Balaban J connectivity index is 2.30. The van der Waals surface area contributed by atoms with E-state index in [-0.39, 0.29) is 19.3 Å². The molecule has 8 heteroatoms. The second-order valence-electron chi connectivity index (χ2n) is 8.81. The minimum atomic E-state index is -5.28. The van der Waals surface area contributed by atoms with Crippen LogP contribution in [0.15, 0.2) is 0 Å². The molecule has 158 valence electrons. The van der Waals surface area contributed by atoms with Crippen LogP contribution >= 0.6 is 0 Å². The van der Waals surface area contributed by atoms with E-state index in [0.717, 1.165) is 0 Å². The van der Waals surface area contributed by atoms with Crippen LogP contribution in [0.1, 0.15) is 53.9 Å². The lowest BCUT2D eigenvalue weighted by atomic mass is 9.67. The molecule has 0 heterocycles. The summed E-state index contributed by atoms with van der Waals surface area (Å²) in [5, 5.41) is 0. The first-order valence-corrected chi connectivity index (χ1v) is 9.45. The van der Waals surface area contributed by atoms with E-state index < -0.39 is 59.4 Å². The summed E-state index contributed by atoms with van der Waals surface area (Å²) in [6, 6.07) is 0. The van der Waals surface area contributed by atoms with E-state index in [1.54, 1.807) is 34.6 Å². The molecule has 2 aliphatic rings. The van der Waals surface area contributed by atoms with Gasteiger partial charge in [-0.25, -0.2) is 8.78 Å². The molecule has 0 saturated heterocycles. The molecule has 7 atom stereocenters. The van der Waals surface area contributed by atoms with Crippen molar-refractivity contribution in [2.45, 2.75) is 83.6 Å². The molecule has 0 aromatic rings. The number of halogens is 5. The van der Waals surface area contributed by atoms with E-state index in [2.05, 4.69) is 0 Å². The van der Waals surface area contributed by atoms with Gasteiger partial charge >= 0.3 is 12.1 Å². The highest BCUT2D eigenvalue weighted by atomic mass is 19.4. The second-order valence-corrected chi connectivity index (χ2v) is 8.81. The van der Waals surface area contributed by atoms with Crippen molar-refractivity contribution in [3.63, 3.8) is 0 Å². The Labute approximate surface area is 157 Å². The first-order chi connectivity index (χ1) is 12.2. The highest BCUT2D eigenvalue weighted by Crippen LogP contribution is 2.64. The van der Waals surface area contributed by atoms with Crippen LogP contribution in [0.5, 0.6) is 0 Å². The fourth-order valence-corrected chi connectivity index (χ4v) is 4.87. The van der Waals surface area contributed by atoms with Crippen molar-refractivity contribution in [2.75, 3.05) is 6.61 Å².